The van der Waals surface area contributed by atoms with E-state index in [4.69, 9.17) is 4.74 Å². The molecule has 0 atom stereocenters. The molecule has 0 saturated heterocycles. The highest BCUT2D eigenvalue weighted by molar-refractivity contribution is 9.08. The van der Waals surface area contributed by atoms with Crippen LogP contribution in [0.2, 0.25) is 0 Å². The number of halogens is 2. The van der Waals surface area contributed by atoms with Crippen molar-refractivity contribution in [2.75, 3.05) is 0 Å². The molecule has 2 nitrogen and oxygen atoms in total. The van der Waals surface area contributed by atoms with Gasteiger partial charge in [0.15, 0.2) is 11.6 Å². The molecule has 18 heavy (non-hydrogen) atoms. The predicted octanol–water partition coefficient (Wildman–Crippen LogP) is 4.00. The number of alkyl halides is 1. The van der Waals surface area contributed by atoms with Crippen molar-refractivity contribution in [2.24, 2.45) is 0 Å². The first kappa shape index (κ1) is 13.0. The van der Waals surface area contributed by atoms with Gasteiger partial charge in [0.1, 0.15) is 6.61 Å². The SMILES string of the molecule is Cc1cccc(COc2ccc(CBr)cc2F)n1. The molecule has 0 aliphatic rings. The number of ether oxygens (including phenoxy) is 1. The van der Waals surface area contributed by atoms with Crippen molar-refractivity contribution in [2.45, 2.75) is 18.9 Å². The summed E-state index contributed by atoms with van der Waals surface area (Å²) in [5.41, 5.74) is 2.60. The van der Waals surface area contributed by atoms with Crippen LogP contribution in [0.1, 0.15) is 17.0 Å². The number of hydrogen-bond donors (Lipinski definition) is 0. The second-order valence-corrected chi connectivity index (χ2v) is 4.52. The van der Waals surface area contributed by atoms with Crippen molar-refractivity contribution in [3.63, 3.8) is 0 Å². The number of rotatable bonds is 4. The van der Waals surface area contributed by atoms with Crippen LogP contribution in [0.25, 0.3) is 0 Å². The van der Waals surface area contributed by atoms with Gasteiger partial charge in [-0.25, -0.2) is 4.39 Å². The van der Waals surface area contributed by atoms with E-state index >= 15 is 0 Å². The maximum atomic E-state index is 13.7. The van der Waals surface area contributed by atoms with Crippen LogP contribution < -0.4 is 4.74 Å². The largest absolute Gasteiger partial charge is 0.484 e. The average Bonchev–Trinajstić information content (AvgIpc) is 2.37. The fraction of sp³-hybridized carbons (Fsp3) is 0.214. The number of benzene rings is 1. The highest BCUT2D eigenvalue weighted by atomic mass is 79.9. The van der Waals surface area contributed by atoms with E-state index in [2.05, 4.69) is 20.9 Å². The summed E-state index contributed by atoms with van der Waals surface area (Å²) >= 11 is 3.28. The van der Waals surface area contributed by atoms with Crippen LogP contribution >= 0.6 is 15.9 Å². The maximum Gasteiger partial charge on any atom is 0.165 e. The smallest absolute Gasteiger partial charge is 0.165 e. The average molecular weight is 310 g/mol. The Labute approximate surface area is 114 Å². The Morgan fingerprint density at radius 3 is 2.78 bits per heavy atom. The molecule has 0 fully saturated rings. The molecule has 0 unspecified atom stereocenters. The summed E-state index contributed by atoms with van der Waals surface area (Å²) in [4.78, 5) is 4.30. The molecule has 1 aromatic carbocycles. The fourth-order valence-corrected chi connectivity index (χ4v) is 1.92. The number of hydrogen-bond acceptors (Lipinski definition) is 2. The van der Waals surface area contributed by atoms with Gasteiger partial charge in [0.2, 0.25) is 0 Å². The van der Waals surface area contributed by atoms with Crippen molar-refractivity contribution >= 4 is 15.9 Å². The van der Waals surface area contributed by atoms with Gasteiger partial charge in [-0.1, -0.05) is 28.1 Å². The van der Waals surface area contributed by atoms with Gasteiger partial charge in [-0.05, 0) is 36.8 Å². The Morgan fingerprint density at radius 2 is 2.11 bits per heavy atom. The Hall–Kier alpha value is -1.42. The molecule has 0 aliphatic heterocycles. The topological polar surface area (TPSA) is 22.1 Å². The summed E-state index contributed by atoms with van der Waals surface area (Å²) in [6.45, 7) is 2.18. The molecular weight excluding hydrogens is 297 g/mol. The summed E-state index contributed by atoms with van der Waals surface area (Å²) in [6, 6.07) is 10.6. The third-order valence-electron chi connectivity index (χ3n) is 2.47. The molecule has 94 valence electrons. The van der Waals surface area contributed by atoms with Crippen molar-refractivity contribution in [1.29, 1.82) is 0 Å². The van der Waals surface area contributed by atoms with E-state index < -0.39 is 0 Å². The molecule has 0 aliphatic carbocycles. The number of aryl methyl sites for hydroxylation is 1. The lowest BCUT2D eigenvalue weighted by molar-refractivity contribution is 0.285. The molecule has 2 rings (SSSR count). The van der Waals surface area contributed by atoms with E-state index in [1.165, 1.54) is 6.07 Å². The van der Waals surface area contributed by atoms with Crippen LogP contribution in [0.3, 0.4) is 0 Å². The summed E-state index contributed by atoms with van der Waals surface area (Å²) in [5.74, 6) is -0.0948. The number of aromatic nitrogens is 1. The van der Waals surface area contributed by atoms with Gasteiger partial charge in [-0.15, -0.1) is 0 Å². The normalized spacial score (nSPS) is 10.4. The van der Waals surface area contributed by atoms with Gasteiger partial charge in [0.25, 0.3) is 0 Å². The minimum absolute atomic E-state index is 0.253. The van der Waals surface area contributed by atoms with Crippen molar-refractivity contribution in [3.05, 3.63) is 59.2 Å². The van der Waals surface area contributed by atoms with E-state index in [9.17, 15) is 4.39 Å². The first-order chi connectivity index (χ1) is 8.69. The van der Waals surface area contributed by atoms with Gasteiger partial charge >= 0.3 is 0 Å². The van der Waals surface area contributed by atoms with E-state index in [0.717, 1.165) is 17.0 Å². The van der Waals surface area contributed by atoms with Crippen LogP contribution in [0, 0.1) is 12.7 Å². The first-order valence-corrected chi connectivity index (χ1v) is 6.71. The quantitative estimate of drug-likeness (QED) is 0.796. The predicted molar refractivity (Wildman–Crippen MR) is 72.3 cm³/mol. The summed E-state index contributed by atoms with van der Waals surface area (Å²) < 4.78 is 19.1. The lowest BCUT2D eigenvalue weighted by Crippen LogP contribution is -2.00. The Balaban J connectivity index is 2.06. The number of pyridine rings is 1. The third-order valence-corrected chi connectivity index (χ3v) is 3.12. The number of nitrogens with zero attached hydrogens (tertiary/aromatic N) is 1. The lowest BCUT2D eigenvalue weighted by Gasteiger charge is -2.08. The molecule has 0 saturated carbocycles. The zero-order valence-corrected chi connectivity index (χ0v) is 11.6. The van der Waals surface area contributed by atoms with Crippen molar-refractivity contribution in [1.82, 2.24) is 4.98 Å². The molecule has 4 heteroatoms. The van der Waals surface area contributed by atoms with Gasteiger partial charge in [0.05, 0.1) is 5.69 Å². The van der Waals surface area contributed by atoms with E-state index in [1.54, 1.807) is 6.07 Å². The van der Waals surface area contributed by atoms with Gasteiger partial charge in [0, 0.05) is 11.0 Å². The van der Waals surface area contributed by atoms with E-state index in [-0.39, 0.29) is 18.2 Å². The second kappa shape index (κ2) is 5.96. The molecular formula is C14H13BrFNO. The zero-order chi connectivity index (χ0) is 13.0. The highest BCUT2D eigenvalue weighted by Gasteiger charge is 2.05. The third kappa shape index (κ3) is 3.29. The van der Waals surface area contributed by atoms with Crippen molar-refractivity contribution in [3.8, 4) is 5.75 Å². The summed E-state index contributed by atoms with van der Waals surface area (Å²) in [7, 11) is 0. The van der Waals surface area contributed by atoms with Crippen LogP contribution in [-0.4, -0.2) is 4.98 Å². The van der Waals surface area contributed by atoms with Crippen molar-refractivity contribution < 1.29 is 9.13 Å². The second-order valence-electron chi connectivity index (χ2n) is 3.96. The van der Waals surface area contributed by atoms with E-state index in [0.29, 0.717) is 5.33 Å². The molecule has 0 N–H and O–H groups in total. The molecule has 0 bridgehead atoms. The summed E-state index contributed by atoms with van der Waals surface area (Å²) in [6.07, 6.45) is 0. The Morgan fingerprint density at radius 1 is 1.28 bits per heavy atom. The first-order valence-electron chi connectivity index (χ1n) is 5.59. The molecule has 0 amide bonds. The summed E-state index contributed by atoms with van der Waals surface area (Å²) in [5, 5.41) is 0.629. The van der Waals surface area contributed by atoms with Gasteiger partial charge in [-0.2, -0.15) is 0 Å². The van der Waals surface area contributed by atoms with Crippen LogP contribution in [0.15, 0.2) is 36.4 Å². The Kier molecular flexibility index (Phi) is 4.31. The minimum atomic E-state index is -0.348. The molecule has 0 radical (unpaired) electrons. The fourth-order valence-electron chi connectivity index (χ4n) is 1.58. The minimum Gasteiger partial charge on any atom is -0.484 e. The van der Waals surface area contributed by atoms with E-state index in [1.807, 2.05) is 31.2 Å². The Bertz CT molecular complexity index is 545. The monoisotopic (exact) mass is 309 g/mol. The maximum absolute atomic E-state index is 13.7. The lowest BCUT2D eigenvalue weighted by atomic mass is 10.2. The standard InChI is InChI=1S/C14H13BrFNO/c1-10-3-2-4-12(17-10)9-18-14-6-5-11(8-15)7-13(14)16/h2-7H,8-9H2,1H3. The molecule has 1 aromatic heterocycles. The zero-order valence-electron chi connectivity index (χ0n) is 9.99. The van der Waals surface area contributed by atoms with Crippen LogP contribution in [-0.2, 0) is 11.9 Å². The van der Waals surface area contributed by atoms with Gasteiger partial charge in [-0.3, -0.25) is 4.98 Å². The van der Waals surface area contributed by atoms with Gasteiger partial charge < -0.3 is 4.74 Å². The highest BCUT2D eigenvalue weighted by Crippen LogP contribution is 2.20. The van der Waals surface area contributed by atoms with Crippen LogP contribution in [0.5, 0.6) is 5.75 Å². The van der Waals surface area contributed by atoms with Crippen LogP contribution in [0.4, 0.5) is 4.39 Å². The molecule has 2 aromatic rings. The molecule has 0 spiro atoms. The molecule has 1 heterocycles.